The maximum atomic E-state index is 2.49. The third-order valence-corrected chi connectivity index (χ3v) is 7.99. The molecule has 5 aromatic carbocycles. The van der Waals surface area contributed by atoms with Crippen molar-refractivity contribution in [3.05, 3.63) is 115 Å². The second-order valence-corrected chi connectivity index (χ2v) is 9.92. The number of hydrogen-bond donors (Lipinski definition) is 0. The predicted octanol–water partition coefficient (Wildman–Crippen LogP) is 8.91. The topological polar surface area (TPSA) is 6.48 Å². The van der Waals surface area contributed by atoms with Crippen molar-refractivity contribution in [3.63, 3.8) is 0 Å². The third-order valence-electron chi connectivity index (χ3n) is 7.99. The van der Waals surface area contributed by atoms with Crippen molar-refractivity contribution >= 4 is 17.1 Å². The Hall–Kier alpha value is -4.30. The van der Waals surface area contributed by atoms with Crippen molar-refractivity contribution in [2.75, 3.05) is 16.8 Å². The van der Waals surface area contributed by atoms with E-state index in [0.29, 0.717) is 0 Å². The summed E-state index contributed by atoms with van der Waals surface area (Å²) in [5, 5.41) is 0. The van der Waals surface area contributed by atoms with Crippen LogP contribution in [0.15, 0.2) is 109 Å². The van der Waals surface area contributed by atoms with E-state index in [-0.39, 0.29) is 6.17 Å². The van der Waals surface area contributed by atoms with E-state index in [9.17, 15) is 0 Å². The Balaban J connectivity index is 1.56. The standard InChI is InChI=1S/C34H28N2/c1-22-20-30-28-16-8-6-14-26(28)24-12-4-5-13-25(24)27-15-7-9-17-29(27)31(30)21-34(22)36-23(2)35(3)32-18-10-11-19-33(32)36/h4-21,23H,1-3H3/t23-/m0/s1. The molecule has 7 rings (SSSR count). The summed E-state index contributed by atoms with van der Waals surface area (Å²) in [6.45, 7) is 4.54. The van der Waals surface area contributed by atoms with Gasteiger partial charge in [0.15, 0.2) is 0 Å². The fourth-order valence-electron chi connectivity index (χ4n) is 6.13. The number of rotatable bonds is 1. The lowest BCUT2D eigenvalue weighted by molar-refractivity contribution is 0.733. The Morgan fingerprint density at radius 1 is 0.472 bits per heavy atom. The highest BCUT2D eigenvalue weighted by molar-refractivity contribution is 6.04. The van der Waals surface area contributed by atoms with Gasteiger partial charge in [0.25, 0.3) is 0 Å². The van der Waals surface area contributed by atoms with Crippen LogP contribution < -0.4 is 9.80 Å². The first-order valence-corrected chi connectivity index (χ1v) is 12.7. The smallest absolute Gasteiger partial charge is 0.103 e. The van der Waals surface area contributed by atoms with Crippen LogP contribution in [-0.4, -0.2) is 13.2 Å². The van der Waals surface area contributed by atoms with Crippen LogP contribution in [0.3, 0.4) is 0 Å². The summed E-state index contributed by atoms with van der Waals surface area (Å²) in [6.07, 6.45) is 0.232. The second kappa shape index (κ2) is 7.86. The SMILES string of the molecule is Cc1cc2c(cc1N1c3ccccc3N(C)[C@@H]1C)-c1ccccc1-c1ccccc1-c1ccccc1-2. The van der Waals surface area contributed by atoms with Gasteiger partial charge in [-0.2, -0.15) is 0 Å². The lowest BCUT2D eigenvalue weighted by atomic mass is 9.80. The Kier molecular flexibility index (Phi) is 4.59. The van der Waals surface area contributed by atoms with E-state index < -0.39 is 0 Å². The first-order chi connectivity index (χ1) is 17.6. The van der Waals surface area contributed by atoms with Crippen LogP contribution in [0.5, 0.6) is 0 Å². The molecule has 36 heavy (non-hydrogen) atoms. The summed E-state index contributed by atoms with van der Waals surface area (Å²) in [7, 11) is 2.19. The molecule has 0 bridgehead atoms. The van der Waals surface area contributed by atoms with Gasteiger partial charge in [-0.1, -0.05) is 84.9 Å². The molecule has 1 aliphatic carbocycles. The third kappa shape index (κ3) is 2.91. The first kappa shape index (κ1) is 21.0. The van der Waals surface area contributed by atoms with Gasteiger partial charge in [0.05, 0.1) is 11.4 Å². The molecule has 0 aromatic heterocycles. The molecule has 0 saturated carbocycles. The van der Waals surface area contributed by atoms with Crippen LogP contribution in [0.25, 0.3) is 44.5 Å². The van der Waals surface area contributed by atoms with E-state index >= 15 is 0 Å². The molecule has 0 unspecified atom stereocenters. The summed E-state index contributed by atoms with van der Waals surface area (Å²) in [5.74, 6) is 0. The molecular formula is C34H28N2. The molecular weight excluding hydrogens is 436 g/mol. The van der Waals surface area contributed by atoms with Gasteiger partial charge in [0.2, 0.25) is 0 Å². The number of fused-ring (bicyclic) bond motifs is 9. The van der Waals surface area contributed by atoms with Crippen molar-refractivity contribution < 1.29 is 0 Å². The van der Waals surface area contributed by atoms with Crippen LogP contribution in [-0.2, 0) is 0 Å². The van der Waals surface area contributed by atoms with E-state index in [1.807, 2.05) is 0 Å². The van der Waals surface area contributed by atoms with E-state index in [1.165, 1.54) is 67.1 Å². The minimum atomic E-state index is 0.232. The number of hydrogen-bond acceptors (Lipinski definition) is 2. The maximum absolute atomic E-state index is 2.49. The van der Waals surface area contributed by atoms with Gasteiger partial charge in [0.1, 0.15) is 6.17 Å². The summed E-state index contributed by atoms with van der Waals surface area (Å²) >= 11 is 0. The molecule has 2 nitrogen and oxygen atoms in total. The van der Waals surface area contributed by atoms with E-state index in [1.54, 1.807) is 0 Å². The average Bonchev–Trinajstić information content (AvgIpc) is 3.17. The number of benzene rings is 5. The van der Waals surface area contributed by atoms with Crippen LogP contribution in [0.2, 0.25) is 0 Å². The first-order valence-electron chi connectivity index (χ1n) is 12.7. The van der Waals surface area contributed by atoms with Gasteiger partial charge >= 0.3 is 0 Å². The Morgan fingerprint density at radius 3 is 1.36 bits per heavy atom. The van der Waals surface area contributed by atoms with Crippen molar-refractivity contribution in [2.24, 2.45) is 0 Å². The van der Waals surface area contributed by atoms with E-state index in [0.717, 1.165) is 0 Å². The van der Waals surface area contributed by atoms with Crippen molar-refractivity contribution in [3.8, 4) is 44.5 Å². The second-order valence-electron chi connectivity index (χ2n) is 9.92. The molecule has 2 aliphatic rings. The normalized spacial score (nSPS) is 15.2. The number of anilines is 3. The van der Waals surface area contributed by atoms with Gasteiger partial charge in [-0.3, -0.25) is 0 Å². The van der Waals surface area contributed by atoms with Gasteiger partial charge in [-0.05, 0) is 88.2 Å². The van der Waals surface area contributed by atoms with Crippen molar-refractivity contribution in [1.29, 1.82) is 0 Å². The van der Waals surface area contributed by atoms with Gasteiger partial charge in [0, 0.05) is 12.7 Å². The highest BCUT2D eigenvalue weighted by atomic mass is 15.4. The summed E-state index contributed by atoms with van der Waals surface area (Å²) < 4.78 is 0. The Labute approximate surface area is 213 Å². The van der Waals surface area contributed by atoms with Crippen molar-refractivity contribution in [1.82, 2.24) is 0 Å². The molecule has 1 aliphatic heterocycles. The molecule has 0 radical (unpaired) electrons. The Morgan fingerprint density at radius 2 is 0.861 bits per heavy atom. The number of nitrogens with zero attached hydrogens (tertiary/aromatic N) is 2. The van der Waals surface area contributed by atoms with Gasteiger partial charge in [-0.15, -0.1) is 0 Å². The molecule has 2 heteroatoms. The fourth-order valence-corrected chi connectivity index (χ4v) is 6.13. The summed E-state index contributed by atoms with van der Waals surface area (Å²) in [6, 6.07) is 40.1. The lowest BCUT2D eigenvalue weighted by Gasteiger charge is -2.31. The predicted molar refractivity (Wildman–Crippen MR) is 153 cm³/mol. The highest BCUT2D eigenvalue weighted by Crippen LogP contribution is 2.51. The molecule has 0 saturated heterocycles. The quantitative estimate of drug-likeness (QED) is 0.240. The van der Waals surface area contributed by atoms with E-state index in [2.05, 4.69) is 140 Å². The van der Waals surface area contributed by atoms with Crippen molar-refractivity contribution in [2.45, 2.75) is 20.0 Å². The Bertz CT molecular complexity index is 1650. The molecule has 0 N–H and O–H groups in total. The molecule has 0 spiro atoms. The summed E-state index contributed by atoms with van der Waals surface area (Å²) in [4.78, 5) is 4.86. The average molecular weight is 465 g/mol. The minimum absolute atomic E-state index is 0.232. The molecule has 174 valence electrons. The van der Waals surface area contributed by atoms with Gasteiger partial charge < -0.3 is 9.80 Å². The number of para-hydroxylation sites is 2. The molecule has 0 fully saturated rings. The van der Waals surface area contributed by atoms with Crippen LogP contribution in [0.1, 0.15) is 12.5 Å². The monoisotopic (exact) mass is 464 g/mol. The molecule has 1 atom stereocenters. The summed E-state index contributed by atoms with van der Waals surface area (Å²) in [5.41, 5.74) is 15.4. The van der Waals surface area contributed by atoms with Gasteiger partial charge in [-0.25, -0.2) is 0 Å². The molecule has 0 amide bonds. The fraction of sp³-hybridized carbons (Fsp3) is 0.118. The highest BCUT2D eigenvalue weighted by Gasteiger charge is 2.33. The zero-order valence-electron chi connectivity index (χ0n) is 20.9. The maximum Gasteiger partial charge on any atom is 0.103 e. The largest absolute Gasteiger partial charge is 0.353 e. The lowest BCUT2D eigenvalue weighted by Crippen LogP contribution is -2.36. The van der Waals surface area contributed by atoms with Crippen LogP contribution in [0.4, 0.5) is 17.1 Å². The minimum Gasteiger partial charge on any atom is -0.353 e. The molecule has 5 aromatic rings. The zero-order valence-corrected chi connectivity index (χ0v) is 20.9. The van der Waals surface area contributed by atoms with Crippen LogP contribution >= 0.6 is 0 Å². The van der Waals surface area contributed by atoms with E-state index in [4.69, 9.17) is 0 Å². The number of aryl methyl sites for hydroxylation is 1. The van der Waals surface area contributed by atoms with Crippen LogP contribution in [0, 0.1) is 6.92 Å². The zero-order chi connectivity index (χ0) is 24.4. The molecule has 1 heterocycles.